The van der Waals surface area contributed by atoms with Gasteiger partial charge < -0.3 is 0 Å². The van der Waals surface area contributed by atoms with Crippen molar-refractivity contribution < 1.29 is 17.6 Å². The van der Waals surface area contributed by atoms with Gasteiger partial charge in [0.05, 0.1) is 11.3 Å². The van der Waals surface area contributed by atoms with E-state index in [1.165, 1.54) is 18.2 Å². The van der Waals surface area contributed by atoms with Crippen LogP contribution in [0.3, 0.4) is 0 Å². The molecule has 0 atom stereocenters. The summed E-state index contributed by atoms with van der Waals surface area (Å²) >= 11 is 0. The molecule has 0 N–H and O–H groups in total. The molecule has 0 saturated carbocycles. The Morgan fingerprint density at radius 3 is 2.28 bits per heavy atom. The highest BCUT2D eigenvalue weighted by molar-refractivity contribution is 5.60. The predicted molar refractivity (Wildman–Crippen MR) is 59.4 cm³/mol. The van der Waals surface area contributed by atoms with E-state index in [-0.39, 0.29) is 5.82 Å². The number of halogens is 4. The Hall–Kier alpha value is -1.91. The molecule has 1 aromatic heterocycles. The van der Waals surface area contributed by atoms with Crippen molar-refractivity contribution in [1.29, 1.82) is 0 Å². The summed E-state index contributed by atoms with van der Waals surface area (Å²) in [4.78, 5) is 3.74. The third kappa shape index (κ3) is 2.50. The molecule has 5 heteroatoms. The minimum Gasteiger partial charge on any atom is -0.256 e. The van der Waals surface area contributed by atoms with Gasteiger partial charge in [0.15, 0.2) is 0 Å². The van der Waals surface area contributed by atoms with Gasteiger partial charge in [0.2, 0.25) is 0 Å². The molecule has 0 aliphatic heterocycles. The fourth-order valence-electron chi connectivity index (χ4n) is 1.54. The number of aryl methyl sites for hydroxylation is 1. The van der Waals surface area contributed by atoms with Crippen LogP contribution >= 0.6 is 0 Å². The first-order valence-corrected chi connectivity index (χ1v) is 5.18. The minimum atomic E-state index is -4.40. The molecule has 2 rings (SSSR count). The molecule has 18 heavy (non-hydrogen) atoms. The number of hydrogen-bond acceptors (Lipinski definition) is 1. The van der Waals surface area contributed by atoms with Gasteiger partial charge in [0.25, 0.3) is 0 Å². The van der Waals surface area contributed by atoms with Crippen molar-refractivity contribution in [2.24, 2.45) is 0 Å². The SMILES string of the molecule is Cc1cc(-c2ccc(C(F)(F)F)cn2)ccc1F. The number of pyridine rings is 1. The maximum Gasteiger partial charge on any atom is 0.417 e. The van der Waals surface area contributed by atoms with Crippen molar-refractivity contribution in [2.45, 2.75) is 13.1 Å². The molecule has 1 aromatic carbocycles. The molecule has 0 aliphatic rings. The Morgan fingerprint density at radius 2 is 1.78 bits per heavy atom. The van der Waals surface area contributed by atoms with Gasteiger partial charge in [-0.05, 0) is 42.8 Å². The van der Waals surface area contributed by atoms with Crippen molar-refractivity contribution in [2.75, 3.05) is 0 Å². The fraction of sp³-hybridized carbons (Fsp3) is 0.154. The zero-order chi connectivity index (χ0) is 13.3. The second-order valence-corrected chi connectivity index (χ2v) is 3.89. The van der Waals surface area contributed by atoms with Crippen LogP contribution in [-0.4, -0.2) is 4.98 Å². The van der Waals surface area contributed by atoms with Crippen LogP contribution in [0.25, 0.3) is 11.3 Å². The summed E-state index contributed by atoms with van der Waals surface area (Å²) in [6.45, 7) is 1.59. The normalized spacial score (nSPS) is 11.6. The van der Waals surface area contributed by atoms with Gasteiger partial charge in [-0.25, -0.2) is 4.39 Å². The van der Waals surface area contributed by atoms with Crippen molar-refractivity contribution in [1.82, 2.24) is 4.98 Å². The number of benzene rings is 1. The van der Waals surface area contributed by atoms with Gasteiger partial charge in [-0.2, -0.15) is 13.2 Å². The number of nitrogens with zero attached hydrogens (tertiary/aromatic N) is 1. The zero-order valence-corrected chi connectivity index (χ0v) is 9.42. The van der Waals surface area contributed by atoms with E-state index in [1.54, 1.807) is 13.0 Å². The summed E-state index contributed by atoms with van der Waals surface area (Å²) in [5.41, 5.74) is 0.591. The highest BCUT2D eigenvalue weighted by Crippen LogP contribution is 2.29. The second-order valence-electron chi connectivity index (χ2n) is 3.89. The van der Waals surface area contributed by atoms with E-state index < -0.39 is 11.7 Å². The minimum absolute atomic E-state index is 0.356. The molecule has 0 saturated heterocycles. The van der Waals surface area contributed by atoms with Crippen LogP contribution in [0, 0.1) is 12.7 Å². The highest BCUT2D eigenvalue weighted by Gasteiger charge is 2.30. The van der Waals surface area contributed by atoms with Crippen LogP contribution in [0.2, 0.25) is 0 Å². The summed E-state index contributed by atoms with van der Waals surface area (Å²) in [5, 5.41) is 0. The van der Waals surface area contributed by atoms with Crippen molar-refractivity contribution >= 4 is 0 Å². The first kappa shape index (κ1) is 12.5. The lowest BCUT2D eigenvalue weighted by Crippen LogP contribution is -2.05. The lowest BCUT2D eigenvalue weighted by Gasteiger charge is -2.07. The average Bonchev–Trinajstić information content (AvgIpc) is 2.32. The topological polar surface area (TPSA) is 12.9 Å². The van der Waals surface area contributed by atoms with Crippen molar-refractivity contribution in [3.05, 3.63) is 53.5 Å². The smallest absolute Gasteiger partial charge is 0.256 e. The van der Waals surface area contributed by atoms with Gasteiger partial charge in [-0.1, -0.05) is 0 Å². The summed E-state index contributed by atoms with van der Waals surface area (Å²) < 4.78 is 50.1. The van der Waals surface area contributed by atoms with Crippen LogP contribution < -0.4 is 0 Å². The lowest BCUT2D eigenvalue weighted by atomic mass is 10.1. The van der Waals surface area contributed by atoms with Gasteiger partial charge in [-0.15, -0.1) is 0 Å². The Morgan fingerprint density at radius 1 is 1.06 bits per heavy atom. The van der Waals surface area contributed by atoms with E-state index in [4.69, 9.17) is 0 Å². The molecule has 0 unspecified atom stereocenters. The third-order valence-electron chi connectivity index (χ3n) is 2.54. The van der Waals surface area contributed by atoms with Gasteiger partial charge in [0.1, 0.15) is 5.82 Å². The Bertz CT molecular complexity index is 558. The highest BCUT2D eigenvalue weighted by atomic mass is 19.4. The summed E-state index contributed by atoms with van der Waals surface area (Å²) in [6, 6.07) is 6.53. The maximum atomic E-state index is 13.1. The molecule has 0 radical (unpaired) electrons. The molecule has 0 aliphatic carbocycles. The quantitative estimate of drug-likeness (QED) is 0.695. The van der Waals surface area contributed by atoms with Gasteiger partial charge in [0, 0.05) is 11.8 Å². The van der Waals surface area contributed by atoms with Gasteiger partial charge in [-0.3, -0.25) is 4.98 Å². The van der Waals surface area contributed by atoms with Crippen molar-refractivity contribution in [3.8, 4) is 11.3 Å². The van der Waals surface area contributed by atoms with Crippen molar-refractivity contribution in [3.63, 3.8) is 0 Å². The zero-order valence-electron chi connectivity index (χ0n) is 9.42. The lowest BCUT2D eigenvalue weighted by molar-refractivity contribution is -0.137. The summed E-state index contributed by atoms with van der Waals surface area (Å²) in [5.74, 6) is -0.356. The Labute approximate surface area is 101 Å². The van der Waals surface area contributed by atoms with Gasteiger partial charge >= 0.3 is 6.18 Å². The first-order valence-electron chi connectivity index (χ1n) is 5.18. The molecule has 0 fully saturated rings. The number of hydrogen-bond donors (Lipinski definition) is 0. The Balaban J connectivity index is 2.37. The molecule has 2 aromatic rings. The van der Waals surface area contributed by atoms with E-state index in [1.807, 2.05) is 0 Å². The van der Waals surface area contributed by atoms with Crippen LogP contribution in [0.5, 0.6) is 0 Å². The maximum absolute atomic E-state index is 13.1. The second kappa shape index (κ2) is 4.40. The molecule has 94 valence electrons. The van der Waals surface area contributed by atoms with Crippen LogP contribution in [0.4, 0.5) is 17.6 Å². The molecule has 1 heterocycles. The standard InChI is InChI=1S/C13H9F4N/c1-8-6-9(2-4-11(8)14)12-5-3-10(7-18-12)13(15,16)17/h2-7H,1H3. The number of alkyl halides is 3. The van der Waals surface area contributed by atoms with Crippen LogP contribution in [-0.2, 0) is 6.18 Å². The van der Waals surface area contributed by atoms with Crippen LogP contribution in [0.1, 0.15) is 11.1 Å². The van der Waals surface area contributed by atoms with E-state index >= 15 is 0 Å². The molecular weight excluding hydrogens is 246 g/mol. The molecule has 0 bridgehead atoms. The van der Waals surface area contributed by atoms with E-state index in [0.717, 1.165) is 12.3 Å². The van der Waals surface area contributed by atoms with E-state index in [9.17, 15) is 17.6 Å². The molecular formula is C13H9F4N. The monoisotopic (exact) mass is 255 g/mol. The molecule has 0 spiro atoms. The first-order chi connectivity index (χ1) is 8.38. The van der Waals surface area contributed by atoms with E-state index in [0.29, 0.717) is 16.8 Å². The third-order valence-corrected chi connectivity index (χ3v) is 2.54. The molecule has 1 nitrogen and oxygen atoms in total. The molecule has 0 amide bonds. The summed E-state index contributed by atoms with van der Waals surface area (Å²) in [7, 11) is 0. The summed E-state index contributed by atoms with van der Waals surface area (Å²) in [6.07, 6.45) is -3.63. The number of aromatic nitrogens is 1. The predicted octanol–water partition coefficient (Wildman–Crippen LogP) is 4.21. The number of rotatable bonds is 1. The van der Waals surface area contributed by atoms with E-state index in [2.05, 4.69) is 4.98 Å². The average molecular weight is 255 g/mol. The van der Waals surface area contributed by atoms with Crippen LogP contribution in [0.15, 0.2) is 36.5 Å². The largest absolute Gasteiger partial charge is 0.417 e. The Kier molecular flexibility index (Phi) is 3.07. The fourth-order valence-corrected chi connectivity index (χ4v) is 1.54.